The maximum absolute atomic E-state index is 6.13. The Morgan fingerprint density at radius 1 is 1.37 bits per heavy atom. The highest BCUT2D eigenvalue weighted by Crippen LogP contribution is 2.30. The number of aryl methyl sites for hydroxylation is 2. The molecule has 1 aromatic rings. The van der Waals surface area contributed by atoms with E-state index in [0.29, 0.717) is 17.7 Å². The molecule has 2 rings (SSSR count). The van der Waals surface area contributed by atoms with Gasteiger partial charge < -0.3 is 15.2 Å². The van der Waals surface area contributed by atoms with Crippen molar-refractivity contribution >= 4 is 5.69 Å². The van der Waals surface area contributed by atoms with Crippen LogP contribution in [0.1, 0.15) is 44.7 Å². The lowest BCUT2D eigenvalue weighted by atomic mass is 9.95. The average Bonchev–Trinajstić information content (AvgIpc) is 2.67. The highest BCUT2D eigenvalue weighted by Gasteiger charge is 2.25. The zero-order valence-corrected chi connectivity index (χ0v) is 12.2. The summed E-state index contributed by atoms with van der Waals surface area (Å²) in [5, 5.41) is 4.44. The molecule has 19 heavy (non-hydrogen) atoms. The van der Waals surface area contributed by atoms with Crippen molar-refractivity contribution in [2.24, 2.45) is 7.05 Å². The fourth-order valence-electron chi connectivity index (χ4n) is 2.72. The number of nitrogen functional groups attached to an aromatic ring is 1. The maximum Gasteiger partial charge on any atom is 0.236 e. The molecule has 0 amide bonds. The Labute approximate surface area is 115 Å². The minimum atomic E-state index is 0.186. The number of ether oxygens (including phenoxy) is 2. The van der Waals surface area contributed by atoms with Gasteiger partial charge in [0, 0.05) is 20.6 Å². The molecule has 0 saturated heterocycles. The van der Waals surface area contributed by atoms with Crippen molar-refractivity contribution in [1.82, 2.24) is 9.78 Å². The molecule has 1 fully saturated rings. The molecule has 0 aliphatic heterocycles. The standard InChI is InChI=1S/C14H25N3O2/c1-4-6-12-13(15)14(17(2)16-12)19-11-8-5-7-10(9-11)18-3/h10-11H,4-9,15H2,1-3H3. The van der Waals surface area contributed by atoms with Crippen molar-refractivity contribution in [3.63, 3.8) is 0 Å². The van der Waals surface area contributed by atoms with Crippen LogP contribution in [0.3, 0.4) is 0 Å². The predicted molar refractivity (Wildman–Crippen MR) is 75.3 cm³/mol. The minimum absolute atomic E-state index is 0.186. The third-order valence-electron chi connectivity index (χ3n) is 3.78. The molecule has 1 heterocycles. The lowest BCUT2D eigenvalue weighted by molar-refractivity contribution is 0.0184. The van der Waals surface area contributed by atoms with E-state index in [9.17, 15) is 0 Å². The third kappa shape index (κ3) is 3.21. The van der Waals surface area contributed by atoms with Gasteiger partial charge in [-0.2, -0.15) is 5.10 Å². The maximum atomic E-state index is 6.13. The van der Waals surface area contributed by atoms with E-state index < -0.39 is 0 Å². The quantitative estimate of drug-likeness (QED) is 0.889. The number of rotatable bonds is 5. The number of anilines is 1. The van der Waals surface area contributed by atoms with Gasteiger partial charge in [0.25, 0.3) is 0 Å². The first-order valence-corrected chi connectivity index (χ1v) is 7.16. The lowest BCUT2D eigenvalue weighted by Gasteiger charge is -2.28. The zero-order valence-electron chi connectivity index (χ0n) is 12.2. The van der Waals surface area contributed by atoms with Crippen LogP contribution in [-0.2, 0) is 18.2 Å². The fourth-order valence-corrected chi connectivity index (χ4v) is 2.72. The van der Waals surface area contributed by atoms with Gasteiger partial charge in [-0.15, -0.1) is 0 Å². The van der Waals surface area contributed by atoms with Crippen molar-refractivity contribution in [2.45, 2.75) is 57.7 Å². The highest BCUT2D eigenvalue weighted by molar-refractivity contribution is 5.53. The molecule has 1 aliphatic rings. The van der Waals surface area contributed by atoms with E-state index in [-0.39, 0.29) is 6.10 Å². The topological polar surface area (TPSA) is 62.3 Å². The summed E-state index contributed by atoms with van der Waals surface area (Å²) in [6.45, 7) is 2.12. The van der Waals surface area contributed by atoms with E-state index in [2.05, 4.69) is 12.0 Å². The zero-order chi connectivity index (χ0) is 13.8. The molecule has 1 aliphatic carbocycles. The van der Waals surface area contributed by atoms with Crippen LogP contribution >= 0.6 is 0 Å². The Balaban J connectivity index is 2.06. The van der Waals surface area contributed by atoms with Gasteiger partial charge in [0.2, 0.25) is 5.88 Å². The highest BCUT2D eigenvalue weighted by atomic mass is 16.5. The molecule has 0 spiro atoms. The van der Waals surface area contributed by atoms with Crippen LogP contribution in [0.2, 0.25) is 0 Å². The van der Waals surface area contributed by atoms with Gasteiger partial charge in [-0.1, -0.05) is 13.3 Å². The Kier molecular flexibility index (Phi) is 4.69. The molecular weight excluding hydrogens is 242 g/mol. The van der Waals surface area contributed by atoms with Crippen LogP contribution in [0, 0.1) is 0 Å². The van der Waals surface area contributed by atoms with E-state index in [1.54, 1.807) is 11.8 Å². The molecule has 0 bridgehead atoms. The van der Waals surface area contributed by atoms with Crippen molar-refractivity contribution in [1.29, 1.82) is 0 Å². The largest absolute Gasteiger partial charge is 0.473 e. The van der Waals surface area contributed by atoms with E-state index in [1.165, 1.54) is 0 Å². The molecule has 2 atom stereocenters. The van der Waals surface area contributed by atoms with Crippen LogP contribution in [0.5, 0.6) is 5.88 Å². The summed E-state index contributed by atoms with van der Waals surface area (Å²) in [5.41, 5.74) is 7.78. The summed E-state index contributed by atoms with van der Waals surface area (Å²) < 4.78 is 13.3. The van der Waals surface area contributed by atoms with E-state index in [0.717, 1.165) is 44.2 Å². The summed E-state index contributed by atoms with van der Waals surface area (Å²) in [5.74, 6) is 0.713. The van der Waals surface area contributed by atoms with Gasteiger partial charge >= 0.3 is 0 Å². The Morgan fingerprint density at radius 2 is 2.11 bits per heavy atom. The van der Waals surface area contributed by atoms with E-state index in [4.69, 9.17) is 15.2 Å². The number of aromatic nitrogens is 2. The van der Waals surface area contributed by atoms with Crippen molar-refractivity contribution in [3.8, 4) is 5.88 Å². The van der Waals surface area contributed by atoms with Gasteiger partial charge in [0.15, 0.2) is 0 Å². The summed E-state index contributed by atoms with van der Waals surface area (Å²) >= 11 is 0. The van der Waals surface area contributed by atoms with E-state index >= 15 is 0 Å². The van der Waals surface area contributed by atoms with Crippen molar-refractivity contribution in [3.05, 3.63) is 5.69 Å². The average molecular weight is 267 g/mol. The van der Waals surface area contributed by atoms with Crippen molar-refractivity contribution in [2.75, 3.05) is 12.8 Å². The first kappa shape index (κ1) is 14.2. The molecule has 5 nitrogen and oxygen atoms in total. The monoisotopic (exact) mass is 267 g/mol. The normalized spacial score (nSPS) is 23.5. The molecule has 1 aromatic heterocycles. The first-order valence-electron chi connectivity index (χ1n) is 7.16. The van der Waals surface area contributed by atoms with Crippen molar-refractivity contribution < 1.29 is 9.47 Å². The Morgan fingerprint density at radius 3 is 2.79 bits per heavy atom. The fraction of sp³-hybridized carbons (Fsp3) is 0.786. The molecule has 2 N–H and O–H groups in total. The third-order valence-corrected chi connectivity index (χ3v) is 3.78. The summed E-state index contributed by atoms with van der Waals surface area (Å²) in [6.07, 6.45) is 6.69. The summed E-state index contributed by atoms with van der Waals surface area (Å²) in [6, 6.07) is 0. The second-order valence-electron chi connectivity index (χ2n) is 5.30. The molecule has 2 unspecified atom stereocenters. The number of nitrogens with two attached hydrogens (primary N) is 1. The smallest absolute Gasteiger partial charge is 0.236 e. The van der Waals surface area contributed by atoms with Gasteiger partial charge in [-0.05, 0) is 25.7 Å². The molecule has 108 valence electrons. The summed E-state index contributed by atoms with van der Waals surface area (Å²) in [7, 11) is 3.66. The Bertz CT molecular complexity index is 417. The van der Waals surface area contributed by atoms with Crippen LogP contribution in [0.25, 0.3) is 0 Å². The molecule has 0 radical (unpaired) electrons. The minimum Gasteiger partial charge on any atom is -0.473 e. The van der Waals surface area contributed by atoms with Gasteiger partial charge in [-0.25, -0.2) is 4.68 Å². The summed E-state index contributed by atoms with van der Waals surface area (Å²) in [4.78, 5) is 0. The van der Waals surface area contributed by atoms with Crippen LogP contribution in [-0.4, -0.2) is 29.1 Å². The van der Waals surface area contributed by atoms with Crippen LogP contribution in [0.15, 0.2) is 0 Å². The second kappa shape index (κ2) is 6.28. The molecule has 5 heteroatoms. The molecule has 0 aromatic carbocycles. The molecular formula is C14H25N3O2. The van der Waals surface area contributed by atoms with Gasteiger partial charge in [-0.3, -0.25) is 0 Å². The number of nitrogens with zero attached hydrogens (tertiary/aromatic N) is 2. The lowest BCUT2D eigenvalue weighted by Crippen LogP contribution is -2.30. The number of hydrogen-bond donors (Lipinski definition) is 1. The van der Waals surface area contributed by atoms with Gasteiger partial charge in [0.1, 0.15) is 11.8 Å². The first-order chi connectivity index (χ1) is 9.15. The van der Waals surface area contributed by atoms with Crippen LogP contribution < -0.4 is 10.5 Å². The predicted octanol–water partition coefficient (Wildman–Crippen LogP) is 2.29. The number of methoxy groups -OCH3 is 1. The molecule has 1 saturated carbocycles. The Hall–Kier alpha value is -1.23. The SMILES string of the molecule is CCCc1nn(C)c(OC2CCCC(OC)C2)c1N. The van der Waals surface area contributed by atoms with Gasteiger partial charge in [0.05, 0.1) is 11.8 Å². The number of hydrogen-bond acceptors (Lipinski definition) is 4. The van der Waals surface area contributed by atoms with Crippen LogP contribution in [0.4, 0.5) is 5.69 Å². The second-order valence-corrected chi connectivity index (χ2v) is 5.30. The van der Waals surface area contributed by atoms with E-state index in [1.807, 2.05) is 7.05 Å².